The molecule has 17 heteroatoms. The molecule has 0 radical (unpaired) electrons. The van der Waals surface area contributed by atoms with Gasteiger partial charge in [-0.15, -0.1) is 5.10 Å². The molecule has 14 unspecified atom stereocenters. The number of cyclic esters (lactones) is 1. The number of Topliss-reactive ketones (excluding diaryl/α,β-unsaturated/α-hetero) is 3. The number of aliphatic hydroxyl groups is 2. The quantitative estimate of drug-likeness (QED) is 0.181. The molecule has 1 amide bonds. The number of tetrazole rings is 1. The number of esters is 1. The third kappa shape index (κ3) is 14.2. The van der Waals surface area contributed by atoms with Crippen LogP contribution in [0.3, 0.4) is 0 Å². The third-order valence-electron chi connectivity index (χ3n) is 15.2. The van der Waals surface area contributed by atoms with Gasteiger partial charge < -0.3 is 38.8 Å². The number of carbonyl (C=O) groups excluding carboxylic acids is 5. The maximum atomic E-state index is 14.5. The zero-order chi connectivity index (χ0) is 50.6. The summed E-state index contributed by atoms with van der Waals surface area (Å²) >= 11 is 0. The van der Waals surface area contributed by atoms with E-state index in [1.54, 1.807) is 52.1 Å². The Kier molecular flexibility index (Phi) is 20.8. The van der Waals surface area contributed by atoms with Gasteiger partial charge in [0.05, 0.1) is 24.4 Å². The van der Waals surface area contributed by atoms with Crippen molar-refractivity contribution >= 4 is 29.2 Å². The van der Waals surface area contributed by atoms with E-state index in [0.717, 1.165) is 18.4 Å². The fourth-order valence-electron chi connectivity index (χ4n) is 10.7. The largest absolute Gasteiger partial charge is 0.460 e. The highest BCUT2D eigenvalue weighted by molar-refractivity contribution is 6.39. The van der Waals surface area contributed by atoms with E-state index in [0.29, 0.717) is 56.9 Å². The molecular formula is C52H79N5O12. The van der Waals surface area contributed by atoms with Crippen LogP contribution in [0.15, 0.2) is 53.9 Å². The Balaban J connectivity index is 1.46. The van der Waals surface area contributed by atoms with E-state index in [4.69, 9.17) is 23.7 Å². The number of ketones is 3. The summed E-state index contributed by atoms with van der Waals surface area (Å²) in [5.74, 6) is -7.92. The topological polar surface area (TPSA) is 219 Å². The molecule has 1 saturated carbocycles. The molecule has 17 nitrogen and oxygen atoms in total. The average Bonchev–Trinajstić information content (AvgIpc) is 3.88. The molecule has 2 N–H and O–H groups in total. The zero-order valence-corrected chi connectivity index (χ0v) is 42.5. The van der Waals surface area contributed by atoms with Crippen molar-refractivity contribution in [3.63, 3.8) is 0 Å². The van der Waals surface area contributed by atoms with Crippen LogP contribution in [0.25, 0.3) is 0 Å². The van der Waals surface area contributed by atoms with E-state index in [2.05, 4.69) is 15.5 Å². The number of nitrogens with zero attached hydrogens (tertiary/aromatic N) is 5. The summed E-state index contributed by atoms with van der Waals surface area (Å²) in [7, 11) is 4.62. The summed E-state index contributed by atoms with van der Waals surface area (Å²) in [5, 5.41) is 35.2. The van der Waals surface area contributed by atoms with E-state index >= 15 is 0 Å². The number of piperidine rings is 1. The third-order valence-corrected chi connectivity index (χ3v) is 15.2. The molecule has 4 aliphatic rings. The van der Waals surface area contributed by atoms with Crippen molar-refractivity contribution in [3.8, 4) is 0 Å². The monoisotopic (exact) mass is 966 g/mol. The van der Waals surface area contributed by atoms with Crippen LogP contribution >= 0.6 is 0 Å². The normalized spacial score (nSPS) is 38.8. The van der Waals surface area contributed by atoms with Crippen molar-refractivity contribution in [1.82, 2.24) is 25.1 Å². The molecule has 2 bridgehead atoms. The number of rotatable bonds is 7. The van der Waals surface area contributed by atoms with Crippen LogP contribution in [0.5, 0.6) is 0 Å². The molecule has 3 aliphatic heterocycles. The molecule has 384 valence electrons. The number of methoxy groups -OCH3 is 3. The molecule has 69 heavy (non-hydrogen) atoms. The maximum absolute atomic E-state index is 14.5. The average molecular weight is 966 g/mol. The van der Waals surface area contributed by atoms with Gasteiger partial charge in [-0.2, -0.15) is 0 Å². The number of hydrogen-bond acceptors (Lipinski definition) is 15. The van der Waals surface area contributed by atoms with Gasteiger partial charge in [-0.05, 0) is 117 Å². The van der Waals surface area contributed by atoms with Gasteiger partial charge in [0, 0.05) is 58.5 Å². The Morgan fingerprint density at radius 2 is 1.64 bits per heavy atom. The van der Waals surface area contributed by atoms with Crippen LogP contribution in [0.4, 0.5) is 0 Å². The standard InChI is InChI=1S/C52H79N5O12/c1-31-16-12-11-13-17-32(2)43(65-8)28-39-21-19-37(7)52(64,69-39)49(61)50(62)56-23-15-14-18-41(56)51(63)68-44(34(4)26-38-20-22-40(45(27-38)66-9)57-30-53-54-55-57)29-42(58)33(3)25-36(6)47(60)48(67-10)46(59)35(5)24-31/h11-13,16-17,25,30-31,33-35,37-41,43-45,47-48,60,64H,14-15,18-24,26-29H2,1-10H3/b13-11+,16-12+,32-17+,36-25+/t31?,33?,34?,35?,37?,38?,39?,40?,41?,43?,44-,45?,47?,48?,52?/m0/s1. The van der Waals surface area contributed by atoms with Gasteiger partial charge in [0.25, 0.3) is 11.7 Å². The van der Waals surface area contributed by atoms with Crippen LogP contribution in [0.2, 0.25) is 0 Å². The molecule has 2 saturated heterocycles. The molecule has 1 aromatic heterocycles. The van der Waals surface area contributed by atoms with E-state index in [1.165, 1.54) is 12.0 Å². The van der Waals surface area contributed by atoms with Crippen LogP contribution in [0.1, 0.15) is 132 Å². The summed E-state index contributed by atoms with van der Waals surface area (Å²) in [4.78, 5) is 72.3. The van der Waals surface area contributed by atoms with Crippen molar-refractivity contribution in [2.75, 3.05) is 27.9 Å². The summed E-state index contributed by atoms with van der Waals surface area (Å²) in [6, 6.07) is -1.19. The lowest BCUT2D eigenvalue weighted by atomic mass is 9.77. The summed E-state index contributed by atoms with van der Waals surface area (Å²) in [6.07, 6.45) is 13.9. The molecule has 0 spiro atoms. The van der Waals surface area contributed by atoms with Crippen LogP contribution in [-0.2, 0) is 47.7 Å². The number of hydrogen-bond donors (Lipinski definition) is 2. The summed E-state index contributed by atoms with van der Waals surface area (Å²) < 4.78 is 31.6. The first-order chi connectivity index (χ1) is 32.8. The zero-order valence-electron chi connectivity index (χ0n) is 42.5. The second kappa shape index (κ2) is 25.7. The van der Waals surface area contributed by atoms with Gasteiger partial charge in [0.2, 0.25) is 5.79 Å². The van der Waals surface area contributed by atoms with Gasteiger partial charge in [0.1, 0.15) is 36.5 Å². The SMILES string of the molecule is COC1CC2CCC(C)C(O)(O2)C(=O)C(=O)N2CCCCC2C(=O)O[C@H](C(C)CC2CCC(n3cnnn3)C(OC)C2)CC(=O)C(C)/C=C(\C)C(O)C(OC)C(=O)C(C)CC(C)/C=C/C=C/C=C/1C. The lowest BCUT2D eigenvalue weighted by Crippen LogP contribution is -2.61. The van der Waals surface area contributed by atoms with Gasteiger partial charge >= 0.3 is 5.97 Å². The van der Waals surface area contributed by atoms with Crippen LogP contribution in [-0.4, -0.2) is 141 Å². The molecule has 1 aromatic rings. The van der Waals surface area contributed by atoms with E-state index < -0.39 is 77.8 Å². The highest BCUT2D eigenvalue weighted by atomic mass is 16.6. The smallest absolute Gasteiger partial charge is 0.329 e. The predicted molar refractivity (Wildman–Crippen MR) is 256 cm³/mol. The van der Waals surface area contributed by atoms with Gasteiger partial charge in [-0.25, -0.2) is 9.48 Å². The van der Waals surface area contributed by atoms with Gasteiger partial charge in [-0.3, -0.25) is 19.2 Å². The fraction of sp³-hybridized carbons (Fsp3) is 0.731. The lowest BCUT2D eigenvalue weighted by Gasteiger charge is -2.42. The Labute approximate surface area is 408 Å². The van der Waals surface area contributed by atoms with Crippen molar-refractivity contribution in [2.24, 2.45) is 35.5 Å². The fourth-order valence-corrected chi connectivity index (χ4v) is 10.7. The second-order valence-electron chi connectivity index (χ2n) is 20.4. The molecule has 1 aliphatic carbocycles. The minimum Gasteiger partial charge on any atom is -0.460 e. The molecule has 4 heterocycles. The van der Waals surface area contributed by atoms with Gasteiger partial charge in [-0.1, -0.05) is 71.1 Å². The number of aliphatic hydroxyl groups excluding tert-OH is 1. The first-order valence-electron chi connectivity index (χ1n) is 25.0. The number of amides is 1. The Morgan fingerprint density at radius 3 is 2.32 bits per heavy atom. The summed E-state index contributed by atoms with van der Waals surface area (Å²) in [6.45, 7) is 12.8. The number of allylic oxidation sites excluding steroid dienone is 6. The van der Waals surface area contributed by atoms with Crippen molar-refractivity contribution in [2.45, 2.75) is 180 Å². The van der Waals surface area contributed by atoms with Crippen molar-refractivity contribution in [3.05, 3.63) is 53.9 Å². The predicted octanol–water partition coefficient (Wildman–Crippen LogP) is 6.05. The molecule has 3 fully saturated rings. The molecule has 0 aromatic carbocycles. The molecular weight excluding hydrogens is 887 g/mol. The number of aromatic nitrogens is 4. The van der Waals surface area contributed by atoms with E-state index in [1.807, 2.05) is 58.1 Å². The Bertz CT molecular complexity index is 2020. The first kappa shape index (κ1) is 55.7. The Morgan fingerprint density at radius 1 is 0.884 bits per heavy atom. The number of ether oxygens (including phenoxy) is 5. The van der Waals surface area contributed by atoms with E-state index in [-0.39, 0.29) is 60.9 Å². The lowest BCUT2D eigenvalue weighted by molar-refractivity contribution is -0.265. The van der Waals surface area contributed by atoms with E-state index in [9.17, 15) is 34.2 Å². The maximum Gasteiger partial charge on any atom is 0.329 e. The van der Waals surface area contributed by atoms with Crippen molar-refractivity contribution in [1.29, 1.82) is 0 Å². The Hall–Kier alpha value is -4.26. The number of carbonyl (C=O) groups is 5. The van der Waals surface area contributed by atoms with Crippen LogP contribution < -0.4 is 0 Å². The van der Waals surface area contributed by atoms with Gasteiger partial charge in [0.15, 0.2) is 5.78 Å². The number of fused-ring (bicyclic) bond motifs is 3. The minimum absolute atomic E-state index is 0.0170. The highest BCUT2D eigenvalue weighted by Crippen LogP contribution is 2.39. The van der Waals surface area contributed by atoms with Crippen LogP contribution in [0, 0.1) is 35.5 Å². The summed E-state index contributed by atoms with van der Waals surface area (Å²) in [5.41, 5.74) is 1.27. The molecule has 5 rings (SSSR count). The highest BCUT2D eigenvalue weighted by Gasteiger charge is 2.53. The van der Waals surface area contributed by atoms with Crippen molar-refractivity contribution < 1.29 is 57.9 Å². The second-order valence-corrected chi connectivity index (χ2v) is 20.4. The molecule has 15 atom stereocenters. The first-order valence-corrected chi connectivity index (χ1v) is 25.0. The minimum atomic E-state index is -2.43.